The second-order valence-corrected chi connectivity index (χ2v) is 13.9. The van der Waals surface area contributed by atoms with Crippen LogP contribution in [0.15, 0.2) is 36.4 Å². The molecule has 2 aromatic rings. The summed E-state index contributed by atoms with van der Waals surface area (Å²) in [6, 6.07) is 13.3. The standard InChI is InChI=1S/C32H39ClN4O4/c1-30(2,3)41-29(39)36-14-12-35(13-15-36)22-9-11-24-21(16-22)19-37(26(24)38)27-31(4,5)28(32(27,6)7)40-23-10-8-20(18-34)25(33)17-23/h8-11,16-17,27-28H,12-15,19H2,1-7H3/t27-,28-. The van der Waals surface area contributed by atoms with Crippen molar-refractivity contribution >= 4 is 29.3 Å². The molecular weight excluding hydrogens is 540 g/mol. The minimum Gasteiger partial charge on any atom is -0.489 e. The molecule has 8 nitrogen and oxygen atoms in total. The largest absolute Gasteiger partial charge is 0.489 e. The van der Waals surface area contributed by atoms with Gasteiger partial charge in [-0.2, -0.15) is 5.26 Å². The molecule has 0 bridgehead atoms. The second kappa shape index (κ2) is 10.1. The predicted molar refractivity (Wildman–Crippen MR) is 158 cm³/mol. The Balaban J connectivity index is 1.27. The van der Waals surface area contributed by atoms with Gasteiger partial charge in [-0.1, -0.05) is 39.3 Å². The predicted octanol–water partition coefficient (Wildman–Crippen LogP) is 6.11. The van der Waals surface area contributed by atoms with Gasteiger partial charge in [0, 0.05) is 66.9 Å². The smallest absolute Gasteiger partial charge is 0.410 e. The first-order chi connectivity index (χ1) is 19.1. The van der Waals surface area contributed by atoms with E-state index in [-0.39, 0.29) is 35.0 Å². The number of benzene rings is 2. The van der Waals surface area contributed by atoms with Crippen molar-refractivity contribution in [2.24, 2.45) is 10.8 Å². The lowest BCUT2D eigenvalue weighted by molar-refractivity contribution is -0.199. The Labute approximate surface area is 247 Å². The van der Waals surface area contributed by atoms with Gasteiger partial charge in [0.05, 0.1) is 10.6 Å². The molecule has 0 aromatic heterocycles. The lowest BCUT2D eigenvalue weighted by Crippen LogP contribution is -2.74. The molecule has 2 fully saturated rings. The number of rotatable bonds is 4. The third kappa shape index (κ3) is 5.21. The van der Waals surface area contributed by atoms with Crippen LogP contribution in [-0.2, 0) is 11.3 Å². The molecule has 5 rings (SSSR count). The fourth-order valence-electron chi connectivity index (χ4n) is 7.22. The topological polar surface area (TPSA) is 86.1 Å². The molecule has 2 amide bonds. The van der Waals surface area contributed by atoms with Crippen LogP contribution in [0.25, 0.3) is 0 Å². The molecule has 0 unspecified atom stereocenters. The zero-order chi connectivity index (χ0) is 29.9. The van der Waals surface area contributed by atoms with Crippen LogP contribution in [0.3, 0.4) is 0 Å². The van der Waals surface area contributed by atoms with Crippen LogP contribution < -0.4 is 9.64 Å². The van der Waals surface area contributed by atoms with Crippen molar-refractivity contribution in [3.05, 3.63) is 58.1 Å². The molecule has 1 aliphatic carbocycles. The average molecular weight is 579 g/mol. The van der Waals surface area contributed by atoms with E-state index in [0.29, 0.717) is 49.1 Å². The van der Waals surface area contributed by atoms with E-state index >= 15 is 0 Å². The quantitative estimate of drug-likeness (QED) is 0.435. The van der Waals surface area contributed by atoms with E-state index in [1.54, 1.807) is 23.1 Å². The Hall–Kier alpha value is -3.44. The number of carbonyl (C=O) groups excluding carboxylic acids is 2. The number of ether oxygens (including phenoxy) is 2. The second-order valence-electron chi connectivity index (χ2n) is 13.5. The van der Waals surface area contributed by atoms with E-state index < -0.39 is 5.60 Å². The van der Waals surface area contributed by atoms with Crippen molar-refractivity contribution in [1.82, 2.24) is 9.80 Å². The summed E-state index contributed by atoms with van der Waals surface area (Å²) in [5.41, 5.74) is 2.10. The maximum Gasteiger partial charge on any atom is 0.410 e. The first-order valence-corrected chi connectivity index (χ1v) is 14.5. The highest BCUT2D eigenvalue weighted by atomic mass is 35.5. The molecular formula is C32H39ClN4O4. The summed E-state index contributed by atoms with van der Waals surface area (Å²) in [6.45, 7) is 17.3. The Morgan fingerprint density at radius 3 is 2.27 bits per heavy atom. The monoisotopic (exact) mass is 578 g/mol. The number of nitrogens with zero attached hydrogens (tertiary/aromatic N) is 4. The normalized spacial score (nSPS) is 23.0. The summed E-state index contributed by atoms with van der Waals surface area (Å²) < 4.78 is 12.0. The highest BCUT2D eigenvalue weighted by molar-refractivity contribution is 6.31. The van der Waals surface area contributed by atoms with Crippen LogP contribution in [0.2, 0.25) is 5.02 Å². The number of hydrogen-bond donors (Lipinski definition) is 0. The number of carbonyl (C=O) groups is 2. The Kier molecular flexibility index (Phi) is 7.18. The number of piperazine rings is 1. The van der Waals surface area contributed by atoms with Gasteiger partial charge < -0.3 is 24.2 Å². The Morgan fingerprint density at radius 1 is 1.02 bits per heavy atom. The number of anilines is 1. The lowest BCUT2D eigenvalue weighted by atomic mass is 9.49. The number of amides is 2. The number of hydrogen-bond acceptors (Lipinski definition) is 6. The third-order valence-electron chi connectivity index (χ3n) is 8.60. The fraction of sp³-hybridized carbons (Fsp3) is 0.531. The van der Waals surface area contributed by atoms with Crippen molar-refractivity contribution in [1.29, 1.82) is 5.26 Å². The number of halogens is 1. The first-order valence-electron chi connectivity index (χ1n) is 14.2. The van der Waals surface area contributed by atoms with Crippen LogP contribution in [0.1, 0.15) is 70.0 Å². The van der Waals surface area contributed by atoms with Crippen molar-refractivity contribution in [2.45, 2.75) is 72.8 Å². The van der Waals surface area contributed by atoms with Gasteiger partial charge in [0.15, 0.2) is 0 Å². The van der Waals surface area contributed by atoms with Gasteiger partial charge >= 0.3 is 6.09 Å². The van der Waals surface area contributed by atoms with Crippen molar-refractivity contribution < 1.29 is 19.1 Å². The minimum absolute atomic E-state index is 0.0328. The van der Waals surface area contributed by atoms with Gasteiger partial charge in [0.2, 0.25) is 0 Å². The summed E-state index contributed by atoms with van der Waals surface area (Å²) in [5.74, 6) is 0.665. The summed E-state index contributed by atoms with van der Waals surface area (Å²) in [7, 11) is 0. The van der Waals surface area contributed by atoms with Crippen LogP contribution >= 0.6 is 11.6 Å². The Morgan fingerprint density at radius 2 is 1.68 bits per heavy atom. The summed E-state index contributed by atoms with van der Waals surface area (Å²) >= 11 is 6.25. The van der Waals surface area contributed by atoms with Crippen LogP contribution in [0.4, 0.5) is 10.5 Å². The number of nitriles is 1. The maximum atomic E-state index is 13.7. The van der Waals surface area contributed by atoms with E-state index in [1.165, 1.54) is 0 Å². The lowest BCUT2D eigenvalue weighted by Gasteiger charge is -2.65. The zero-order valence-corrected chi connectivity index (χ0v) is 25.7. The number of fused-ring (bicyclic) bond motifs is 1. The summed E-state index contributed by atoms with van der Waals surface area (Å²) in [5, 5.41) is 9.56. The highest BCUT2D eigenvalue weighted by Crippen LogP contribution is 2.59. The van der Waals surface area contributed by atoms with Gasteiger partial charge in [-0.15, -0.1) is 0 Å². The van der Waals surface area contributed by atoms with E-state index in [4.69, 9.17) is 21.1 Å². The average Bonchev–Trinajstić information content (AvgIpc) is 3.20. The molecule has 0 atom stereocenters. The minimum atomic E-state index is -0.514. The van der Waals surface area contributed by atoms with Gasteiger partial charge in [-0.3, -0.25) is 4.79 Å². The van der Waals surface area contributed by atoms with Crippen molar-refractivity contribution in [3.63, 3.8) is 0 Å². The molecule has 2 aromatic carbocycles. The van der Waals surface area contributed by atoms with Crippen LogP contribution in [0.5, 0.6) is 5.75 Å². The van der Waals surface area contributed by atoms with Crippen LogP contribution in [-0.4, -0.2) is 65.7 Å². The van der Waals surface area contributed by atoms with Crippen molar-refractivity contribution in [3.8, 4) is 11.8 Å². The maximum absolute atomic E-state index is 13.7. The highest BCUT2D eigenvalue weighted by Gasteiger charge is 2.67. The zero-order valence-electron chi connectivity index (χ0n) is 25.0. The van der Waals surface area contributed by atoms with E-state index in [9.17, 15) is 14.9 Å². The van der Waals surface area contributed by atoms with Crippen LogP contribution in [0, 0.1) is 22.2 Å². The van der Waals surface area contributed by atoms with Gasteiger partial charge in [0.25, 0.3) is 5.91 Å². The molecule has 218 valence electrons. The van der Waals surface area contributed by atoms with E-state index in [1.807, 2.05) is 37.8 Å². The van der Waals surface area contributed by atoms with Gasteiger partial charge in [-0.05, 0) is 56.7 Å². The van der Waals surface area contributed by atoms with Gasteiger partial charge in [-0.25, -0.2) is 4.79 Å². The molecule has 1 saturated heterocycles. The first kappa shape index (κ1) is 29.1. The molecule has 1 saturated carbocycles. The van der Waals surface area contributed by atoms with E-state index in [2.05, 4.69) is 44.7 Å². The molecule has 2 aliphatic heterocycles. The molecule has 2 heterocycles. The molecule has 3 aliphatic rings. The summed E-state index contributed by atoms with van der Waals surface area (Å²) in [4.78, 5) is 32.2. The SMILES string of the molecule is CC(C)(C)OC(=O)N1CCN(c2ccc3c(c2)CN([C@H]2C(C)(C)[C@H](Oc4ccc(C#N)c(Cl)c4)C2(C)C)C3=O)CC1. The molecule has 41 heavy (non-hydrogen) atoms. The fourth-order valence-corrected chi connectivity index (χ4v) is 7.43. The molecule has 0 spiro atoms. The van der Waals surface area contributed by atoms with Crippen molar-refractivity contribution in [2.75, 3.05) is 31.1 Å². The third-order valence-corrected chi connectivity index (χ3v) is 8.92. The molecule has 9 heteroatoms. The summed E-state index contributed by atoms with van der Waals surface area (Å²) in [6.07, 6.45) is -0.431. The Bertz CT molecular complexity index is 1400. The van der Waals surface area contributed by atoms with E-state index in [0.717, 1.165) is 16.8 Å². The van der Waals surface area contributed by atoms with Gasteiger partial charge in [0.1, 0.15) is 23.5 Å². The molecule has 0 radical (unpaired) electrons. The molecule has 0 N–H and O–H groups in total.